The minimum Gasteiger partial charge on any atom is -0.393 e. The van der Waals surface area contributed by atoms with Gasteiger partial charge in [-0.3, -0.25) is 9.89 Å². The van der Waals surface area contributed by atoms with Crippen molar-refractivity contribution in [3.05, 3.63) is 17.5 Å². The van der Waals surface area contributed by atoms with Gasteiger partial charge in [-0.25, -0.2) is 0 Å². The Hall–Kier alpha value is -1.36. The number of aromatic amines is 1. The topological polar surface area (TPSA) is 78.0 Å². The zero-order chi connectivity index (χ0) is 10.1. The standard InChI is InChI=1S/C9H13N3O2/c1-5-8(4-10-12-5)9(14)11-6-2-7(13)3-6/h4,6-7,13H,2-3H2,1H3,(H,10,12)(H,11,14). The third kappa shape index (κ3) is 1.63. The molecule has 1 heterocycles. The highest BCUT2D eigenvalue weighted by Crippen LogP contribution is 2.19. The van der Waals surface area contributed by atoms with Crippen molar-refractivity contribution in [2.75, 3.05) is 0 Å². The molecule has 5 heteroatoms. The van der Waals surface area contributed by atoms with Crippen LogP contribution >= 0.6 is 0 Å². The highest BCUT2D eigenvalue weighted by molar-refractivity contribution is 5.95. The Kier molecular flexibility index (Phi) is 2.25. The Morgan fingerprint density at radius 3 is 2.93 bits per heavy atom. The van der Waals surface area contributed by atoms with Crippen molar-refractivity contribution in [3.63, 3.8) is 0 Å². The maximum atomic E-state index is 11.6. The number of rotatable bonds is 2. The maximum Gasteiger partial charge on any atom is 0.254 e. The molecular weight excluding hydrogens is 182 g/mol. The molecule has 5 nitrogen and oxygen atoms in total. The molecular formula is C9H13N3O2. The van der Waals surface area contributed by atoms with Crippen molar-refractivity contribution in [2.24, 2.45) is 0 Å². The number of carbonyl (C=O) groups is 1. The first-order valence-electron chi connectivity index (χ1n) is 4.65. The Bertz CT molecular complexity index is 342. The van der Waals surface area contributed by atoms with E-state index in [4.69, 9.17) is 5.11 Å². The van der Waals surface area contributed by atoms with E-state index in [1.54, 1.807) is 6.92 Å². The van der Waals surface area contributed by atoms with Crippen LogP contribution in [0.2, 0.25) is 0 Å². The smallest absolute Gasteiger partial charge is 0.254 e. The predicted octanol–water partition coefficient (Wildman–Crippen LogP) is -0.0288. The predicted molar refractivity (Wildman–Crippen MR) is 49.8 cm³/mol. The van der Waals surface area contributed by atoms with Crippen LogP contribution in [0.25, 0.3) is 0 Å². The summed E-state index contributed by atoms with van der Waals surface area (Å²) in [7, 11) is 0. The molecule has 3 N–H and O–H groups in total. The molecule has 14 heavy (non-hydrogen) atoms. The molecule has 0 radical (unpaired) electrons. The van der Waals surface area contributed by atoms with E-state index in [2.05, 4.69) is 15.5 Å². The molecule has 0 bridgehead atoms. The fourth-order valence-corrected chi connectivity index (χ4v) is 1.55. The second-order valence-electron chi connectivity index (χ2n) is 3.70. The van der Waals surface area contributed by atoms with Crippen LogP contribution in [0, 0.1) is 6.92 Å². The lowest BCUT2D eigenvalue weighted by Gasteiger charge is -2.31. The van der Waals surface area contributed by atoms with Gasteiger partial charge in [0.05, 0.1) is 17.9 Å². The summed E-state index contributed by atoms with van der Waals surface area (Å²) in [5.74, 6) is -0.117. The zero-order valence-corrected chi connectivity index (χ0v) is 7.95. The average Bonchev–Trinajstić information content (AvgIpc) is 2.48. The Balaban J connectivity index is 1.93. The van der Waals surface area contributed by atoms with Crippen LogP contribution in [-0.2, 0) is 0 Å². The van der Waals surface area contributed by atoms with Crippen molar-refractivity contribution >= 4 is 5.91 Å². The first-order valence-corrected chi connectivity index (χ1v) is 4.65. The normalized spacial score (nSPS) is 25.6. The molecule has 1 aliphatic carbocycles. The van der Waals surface area contributed by atoms with Crippen LogP contribution < -0.4 is 5.32 Å². The van der Waals surface area contributed by atoms with E-state index in [1.165, 1.54) is 6.20 Å². The van der Waals surface area contributed by atoms with E-state index in [1.807, 2.05) is 0 Å². The molecule has 1 aliphatic rings. The number of aromatic nitrogens is 2. The second kappa shape index (κ2) is 3.42. The molecule has 1 amide bonds. The number of aryl methyl sites for hydroxylation is 1. The molecule has 1 aromatic heterocycles. The number of H-pyrrole nitrogens is 1. The first-order chi connectivity index (χ1) is 6.66. The minimum absolute atomic E-state index is 0.117. The van der Waals surface area contributed by atoms with E-state index >= 15 is 0 Å². The lowest BCUT2D eigenvalue weighted by molar-refractivity contribution is 0.0562. The van der Waals surface area contributed by atoms with Gasteiger partial charge in [0.15, 0.2) is 0 Å². The average molecular weight is 195 g/mol. The maximum absolute atomic E-state index is 11.6. The molecule has 1 saturated carbocycles. The van der Waals surface area contributed by atoms with Crippen molar-refractivity contribution in [3.8, 4) is 0 Å². The summed E-state index contributed by atoms with van der Waals surface area (Å²) >= 11 is 0. The summed E-state index contributed by atoms with van der Waals surface area (Å²) < 4.78 is 0. The van der Waals surface area contributed by atoms with Gasteiger partial charge in [-0.15, -0.1) is 0 Å². The van der Waals surface area contributed by atoms with Crippen molar-refractivity contribution in [1.29, 1.82) is 0 Å². The molecule has 0 unspecified atom stereocenters. The lowest BCUT2D eigenvalue weighted by atomic mass is 9.89. The van der Waals surface area contributed by atoms with E-state index in [0.29, 0.717) is 18.4 Å². The van der Waals surface area contributed by atoms with Crippen LogP contribution in [-0.4, -0.2) is 33.4 Å². The number of aliphatic hydroxyl groups is 1. The van der Waals surface area contributed by atoms with Crippen LogP contribution in [0.3, 0.4) is 0 Å². The molecule has 1 aromatic rings. The summed E-state index contributed by atoms with van der Waals surface area (Å²) in [5.41, 5.74) is 1.34. The van der Waals surface area contributed by atoms with E-state index in [9.17, 15) is 4.79 Å². The molecule has 0 aromatic carbocycles. The molecule has 1 fully saturated rings. The number of carbonyl (C=O) groups excluding carboxylic acids is 1. The minimum atomic E-state index is -0.245. The van der Waals surface area contributed by atoms with Gasteiger partial charge in [-0.2, -0.15) is 5.10 Å². The highest BCUT2D eigenvalue weighted by Gasteiger charge is 2.29. The fraction of sp³-hybridized carbons (Fsp3) is 0.556. The third-order valence-electron chi connectivity index (χ3n) is 2.52. The van der Waals surface area contributed by atoms with Crippen molar-refractivity contribution in [2.45, 2.75) is 31.9 Å². The molecule has 2 rings (SSSR count). The Labute approximate surface area is 81.5 Å². The number of nitrogens with one attached hydrogen (secondary N) is 2. The van der Waals surface area contributed by atoms with Crippen molar-refractivity contribution < 1.29 is 9.90 Å². The quantitative estimate of drug-likeness (QED) is 0.620. The van der Waals surface area contributed by atoms with Gasteiger partial charge in [0, 0.05) is 11.7 Å². The number of aliphatic hydroxyl groups excluding tert-OH is 1. The van der Waals surface area contributed by atoms with E-state index < -0.39 is 0 Å². The van der Waals surface area contributed by atoms with Gasteiger partial charge >= 0.3 is 0 Å². The molecule has 0 saturated heterocycles. The summed E-state index contributed by atoms with van der Waals surface area (Å²) in [6.45, 7) is 1.80. The zero-order valence-electron chi connectivity index (χ0n) is 7.95. The van der Waals surface area contributed by atoms with Gasteiger partial charge in [0.1, 0.15) is 0 Å². The largest absolute Gasteiger partial charge is 0.393 e. The lowest BCUT2D eigenvalue weighted by Crippen LogP contribution is -2.46. The SMILES string of the molecule is Cc1[nH]ncc1C(=O)NC1CC(O)C1. The monoisotopic (exact) mass is 195 g/mol. The van der Waals surface area contributed by atoms with Crippen molar-refractivity contribution in [1.82, 2.24) is 15.5 Å². The fourth-order valence-electron chi connectivity index (χ4n) is 1.55. The van der Waals surface area contributed by atoms with Crippen LogP contribution in [0.15, 0.2) is 6.20 Å². The third-order valence-corrected chi connectivity index (χ3v) is 2.52. The molecule has 0 spiro atoms. The van der Waals surface area contributed by atoms with E-state index in [0.717, 1.165) is 5.69 Å². The molecule has 0 aliphatic heterocycles. The Morgan fingerprint density at radius 2 is 2.43 bits per heavy atom. The van der Waals surface area contributed by atoms with Crippen LogP contribution in [0.5, 0.6) is 0 Å². The number of amides is 1. The second-order valence-corrected chi connectivity index (χ2v) is 3.70. The molecule has 76 valence electrons. The highest BCUT2D eigenvalue weighted by atomic mass is 16.3. The summed E-state index contributed by atoms with van der Waals surface area (Å²) in [6, 6.07) is 0.117. The van der Waals surface area contributed by atoms with Gasteiger partial charge in [0.25, 0.3) is 5.91 Å². The van der Waals surface area contributed by atoms with Crippen LogP contribution in [0.4, 0.5) is 0 Å². The van der Waals surface area contributed by atoms with Gasteiger partial charge in [-0.05, 0) is 19.8 Å². The van der Waals surface area contributed by atoms with Crippen LogP contribution in [0.1, 0.15) is 28.9 Å². The van der Waals surface area contributed by atoms with Gasteiger partial charge in [-0.1, -0.05) is 0 Å². The summed E-state index contributed by atoms with van der Waals surface area (Å²) in [6.07, 6.45) is 2.58. The summed E-state index contributed by atoms with van der Waals surface area (Å²) in [4.78, 5) is 11.6. The summed E-state index contributed by atoms with van der Waals surface area (Å²) in [5, 5.41) is 18.4. The Morgan fingerprint density at radius 1 is 1.71 bits per heavy atom. The van der Waals surface area contributed by atoms with E-state index in [-0.39, 0.29) is 18.1 Å². The number of hydrogen-bond acceptors (Lipinski definition) is 3. The number of nitrogens with zero attached hydrogens (tertiary/aromatic N) is 1. The number of hydrogen-bond donors (Lipinski definition) is 3. The van der Waals surface area contributed by atoms with Gasteiger partial charge in [0.2, 0.25) is 0 Å². The molecule has 0 atom stereocenters. The van der Waals surface area contributed by atoms with Gasteiger partial charge < -0.3 is 10.4 Å². The first kappa shape index (κ1) is 9.21.